The van der Waals surface area contributed by atoms with Crippen LogP contribution in [0, 0.1) is 3.57 Å². The third-order valence-corrected chi connectivity index (χ3v) is 2.74. The van der Waals surface area contributed by atoms with Gasteiger partial charge in [-0.1, -0.05) is 0 Å². The number of hydrazine groups is 1. The molecule has 0 saturated carbocycles. The first-order valence-corrected chi connectivity index (χ1v) is 6.19. The monoisotopic (exact) mass is 349 g/mol. The molecule has 6 heteroatoms. The van der Waals surface area contributed by atoms with Crippen molar-refractivity contribution in [3.05, 3.63) is 21.4 Å². The number of rotatable bonds is 3. The van der Waals surface area contributed by atoms with E-state index in [1.54, 1.807) is 12.3 Å². The van der Waals surface area contributed by atoms with Gasteiger partial charge in [0.1, 0.15) is 5.56 Å². The first-order valence-electron chi connectivity index (χ1n) is 5.11. The van der Waals surface area contributed by atoms with Crippen LogP contribution in [0.15, 0.2) is 12.3 Å². The summed E-state index contributed by atoms with van der Waals surface area (Å²) in [6.45, 7) is 5.87. The van der Waals surface area contributed by atoms with Crippen LogP contribution in [0.5, 0.6) is 5.88 Å². The van der Waals surface area contributed by atoms with Crippen LogP contribution in [0.4, 0.5) is 0 Å². The van der Waals surface area contributed by atoms with Crippen LogP contribution in [0.2, 0.25) is 0 Å². The summed E-state index contributed by atoms with van der Waals surface area (Å²) in [7, 11) is 1.49. The van der Waals surface area contributed by atoms with Gasteiger partial charge in [0.15, 0.2) is 0 Å². The van der Waals surface area contributed by atoms with Crippen LogP contribution < -0.4 is 15.6 Å². The van der Waals surface area contributed by atoms with Gasteiger partial charge in [-0.3, -0.25) is 10.2 Å². The highest BCUT2D eigenvalue weighted by molar-refractivity contribution is 14.1. The Bertz CT molecular complexity index is 416. The number of pyridine rings is 1. The van der Waals surface area contributed by atoms with Gasteiger partial charge in [-0.05, 0) is 49.4 Å². The average molecular weight is 349 g/mol. The summed E-state index contributed by atoms with van der Waals surface area (Å²) in [5.41, 5.74) is 5.79. The van der Waals surface area contributed by atoms with Gasteiger partial charge in [0.25, 0.3) is 5.91 Å². The number of nitrogens with one attached hydrogen (secondary N) is 2. The predicted octanol–water partition coefficient (Wildman–Crippen LogP) is 1.73. The number of methoxy groups -OCH3 is 1. The number of amides is 1. The quantitative estimate of drug-likeness (QED) is 0.645. The highest BCUT2D eigenvalue weighted by atomic mass is 127. The van der Waals surface area contributed by atoms with Gasteiger partial charge in [0, 0.05) is 15.3 Å². The highest BCUT2D eigenvalue weighted by Gasteiger charge is 2.18. The Hall–Kier alpha value is -0.890. The smallest absolute Gasteiger partial charge is 0.271 e. The molecule has 1 heterocycles. The minimum Gasteiger partial charge on any atom is -0.480 e. The molecule has 0 radical (unpaired) electrons. The normalized spacial score (nSPS) is 11.1. The third-order valence-electron chi connectivity index (χ3n) is 1.84. The standard InChI is InChI=1S/C11H16IN3O2/c1-11(2,3)15-14-9(16)8-7(12)5-6-13-10(8)17-4/h5-6,15H,1-4H3,(H,14,16). The van der Waals surface area contributed by atoms with Crippen LogP contribution in [0.1, 0.15) is 31.1 Å². The van der Waals surface area contributed by atoms with E-state index in [1.165, 1.54) is 7.11 Å². The van der Waals surface area contributed by atoms with Crippen LogP contribution in [0.25, 0.3) is 0 Å². The minimum absolute atomic E-state index is 0.198. The summed E-state index contributed by atoms with van der Waals surface area (Å²) in [6, 6.07) is 1.76. The molecule has 0 aromatic carbocycles. The number of halogens is 1. The first-order chi connectivity index (χ1) is 7.85. The number of aromatic nitrogens is 1. The molecule has 1 amide bonds. The second-order valence-corrected chi connectivity index (χ2v) is 5.67. The minimum atomic E-state index is -0.255. The van der Waals surface area contributed by atoms with Gasteiger partial charge >= 0.3 is 0 Å². The second kappa shape index (κ2) is 5.63. The fourth-order valence-corrected chi connectivity index (χ4v) is 1.72. The lowest BCUT2D eigenvalue weighted by molar-refractivity contribution is 0.0909. The van der Waals surface area contributed by atoms with E-state index in [9.17, 15) is 4.79 Å². The zero-order valence-electron chi connectivity index (χ0n) is 10.3. The molecule has 5 nitrogen and oxygen atoms in total. The van der Waals surface area contributed by atoms with Gasteiger partial charge in [0.05, 0.1) is 7.11 Å². The summed E-state index contributed by atoms with van der Waals surface area (Å²) >= 11 is 2.08. The zero-order chi connectivity index (χ0) is 13.1. The largest absolute Gasteiger partial charge is 0.480 e. The Morgan fingerprint density at radius 2 is 2.12 bits per heavy atom. The molecule has 0 aliphatic rings. The Morgan fingerprint density at radius 3 is 2.65 bits per heavy atom. The van der Waals surface area contributed by atoms with E-state index >= 15 is 0 Å². The van der Waals surface area contributed by atoms with E-state index in [4.69, 9.17) is 4.74 Å². The highest BCUT2D eigenvalue weighted by Crippen LogP contribution is 2.20. The lowest BCUT2D eigenvalue weighted by Crippen LogP contribution is -2.49. The Balaban J connectivity index is 2.89. The van der Waals surface area contributed by atoms with Gasteiger partial charge in [0.2, 0.25) is 5.88 Å². The van der Waals surface area contributed by atoms with Crippen molar-refractivity contribution in [3.63, 3.8) is 0 Å². The van der Waals surface area contributed by atoms with Gasteiger partial charge < -0.3 is 4.74 Å². The molecule has 1 rings (SSSR count). The molecule has 1 aromatic heterocycles. The molecule has 2 N–H and O–H groups in total. The maximum Gasteiger partial charge on any atom is 0.271 e. The number of carbonyl (C=O) groups excluding carboxylic acids is 1. The van der Waals surface area contributed by atoms with Crippen LogP contribution in [0.3, 0.4) is 0 Å². The van der Waals surface area contributed by atoms with Crippen LogP contribution >= 0.6 is 22.6 Å². The molecule has 0 aliphatic carbocycles. The SMILES string of the molecule is COc1nccc(I)c1C(=O)NNC(C)(C)C. The van der Waals surface area contributed by atoms with Crippen molar-refractivity contribution in [2.75, 3.05) is 7.11 Å². The van der Waals surface area contributed by atoms with Crippen molar-refractivity contribution in [1.29, 1.82) is 0 Å². The maximum absolute atomic E-state index is 12.0. The maximum atomic E-state index is 12.0. The third kappa shape index (κ3) is 4.12. The van der Waals surface area contributed by atoms with E-state index < -0.39 is 0 Å². The van der Waals surface area contributed by atoms with E-state index in [1.807, 2.05) is 20.8 Å². The summed E-state index contributed by atoms with van der Waals surface area (Å²) in [4.78, 5) is 16.0. The zero-order valence-corrected chi connectivity index (χ0v) is 12.5. The molecular formula is C11H16IN3O2. The fourth-order valence-electron chi connectivity index (χ4n) is 1.09. The second-order valence-electron chi connectivity index (χ2n) is 4.51. The van der Waals surface area contributed by atoms with E-state index in [0.717, 1.165) is 3.57 Å². The first kappa shape index (κ1) is 14.2. The topological polar surface area (TPSA) is 63.2 Å². The summed E-state index contributed by atoms with van der Waals surface area (Å²) < 4.78 is 5.87. The molecule has 0 bridgehead atoms. The molecule has 17 heavy (non-hydrogen) atoms. The molecule has 0 spiro atoms. The van der Waals surface area contributed by atoms with Crippen molar-refractivity contribution < 1.29 is 9.53 Å². The molecule has 94 valence electrons. The van der Waals surface area contributed by atoms with E-state index in [-0.39, 0.29) is 11.4 Å². The number of hydrogen-bond acceptors (Lipinski definition) is 4. The number of nitrogens with zero attached hydrogens (tertiary/aromatic N) is 1. The Morgan fingerprint density at radius 1 is 1.47 bits per heavy atom. The van der Waals surface area contributed by atoms with Crippen molar-refractivity contribution in [1.82, 2.24) is 15.8 Å². The molecule has 1 aromatic rings. The van der Waals surface area contributed by atoms with Crippen LogP contribution in [-0.2, 0) is 0 Å². The molecular weight excluding hydrogens is 333 g/mol. The van der Waals surface area contributed by atoms with E-state index in [2.05, 4.69) is 38.4 Å². The van der Waals surface area contributed by atoms with Crippen molar-refractivity contribution in [2.45, 2.75) is 26.3 Å². The number of ether oxygens (including phenoxy) is 1. The van der Waals surface area contributed by atoms with Gasteiger partial charge in [-0.2, -0.15) is 0 Å². The van der Waals surface area contributed by atoms with Crippen LogP contribution in [-0.4, -0.2) is 23.5 Å². The number of hydrogen-bond donors (Lipinski definition) is 2. The molecule has 0 unspecified atom stereocenters. The van der Waals surface area contributed by atoms with Crippen molar-refractivity contribution in [2.24, 2.45) is 0 Å². The van der Waals surface area contributed by atoms with Gasteiger partial charge in [-0.15, -0.1) is 0 Å². The summed E-state index contributed by atoms with van der Waals surface area (Å²) in [5, 5.41) is 0. The van der Waals surface area contributed by atoms with Gasteiger partial charge in [-0.25, -0.2) is 10.4 Å². The van der Waals surface area contributed by atoms with E-state index in [0.29, 0.717) is 11.4 Å². The molecule has 0 fully saturated rings. The Labute approximate surface area is 114 Å². The molecule has 0 aliphatic heterocycles. The summed E-state index contributed by atoms with van der Waals surface area (Å²) in [6.07, 6.45) is 1.61. The Kier molecular flexibility index (Phi) is 4.70. The lowest BCUT2D eigenvalue weighted by Gasteiger charge is -2.21. The molecule has 0 saturated heterocycles. The summed E-state index contributed by atoms with van der Waals surface area (Å²) in [5.74, 6) is 0.0689. The predicted molar refractivity (Wildman–Crippen MR) is 73.9 cm³/mol. The number of carbonyl (C=O) groups is 1. The molecule has 0 atom stereocenters. The average Bonchev–Trinajstić information content (AvgIpc) is 2.24. The lowest BCUT2D eigenvalue weighted by atomic mass is 10.1. The van der Waals surface area contributed by atoms with Crippen molar-refractivity contribution >= 4 is 28.5 Å². The fraction of sp³-hybridized carbons (Fsp3) is 0.455. The van der Waals surface area contributed by atoms with Crippen molar-refractivity contribution in [3.8, 4) is 5.88 Å².